The summed E-state index contributed by atoms with van der Waals surface area (Å²) in [4.78, 5) is 0. The van der Waals surface area contributed by atoms with E-state index >= 15 is 0 Å². The smallest absolute Gasteiger partial charge is 0.124 e. The number of alkyl halides is 2. The maximum Gasteiger partial charge on any atom is 0.124 e. The molecule has 0 atom stereocenters. The number of aryl methyl sites for hydroxylation is 1. The van der Waals surface area contributed by atoms with Gasteiger partial charge in [-0.15, -0.1) is 23.2 Å². The first-order chi connectivity index (χ1) is 10.0. The van der Waals surface area contributed by atoms with Crippen molar-refractivity contribution in [1.82, 2.24) is 0 Å². The fourth-order valence-electron chi connectivity index (χ4n) is 2.39. The van der Waals surface area contributed by atoms with Crippen LogP contribution in [0.1, 0.15) is 16.7 Å². The molecule has 0 aromatic heterocycles. The average Bonchev–Trinajstić information content (AvgIpc) is 2.47. The van der Waals surface area contributed by atoms with Crippen LogP contribution in [0, 0.1) is 12.7 Å². The van der Waals surface area contributed by atoms with E-state index in [-0.39, 0.29) is 5.82 Å². The standard InChI is InChI=1S/C17H16Cl3F/c1-12-3-2-4-14(7-12)17(10-18,11-19)9-13-5-6-15(21)8-16(13)20/h2-8H,9-11H2,1H3. The van der Waals surface area contributed by atoms with Crippen LogP contribution in [-0.4, -0.2) is 11.8 Å². The third-order valence-corrected chi connectivity index (χ3v) is 5.06. The maximum atomic E-state index is 13.2. The molecule has 4 heteroatoms. The molecular weight excluding hydrogens is 330 g/mol. The van der Waals surface area contributed by atoms with E-state index in [0.29, 0.717) is 23.2 Å². The Morgan fingerprint density at radius 2 is 1.76 bits per heavy atom. The van der Waals surface area contributed by atoms with Crippen molar-refractivity contribution in [2.75, 3.05) is 11.8 Å². The molecule has 2 aromatic rings. The molecule has 0 heterocycles. The van der Waals surface area contributed by atoms with Gasteiger partial charge < -0.3 is 0 Å². The maximum absolute atomic E-state index is 13.2. The van der Waals surface area contributed by atoms with Crippen molar-refractivity contribution in [3.8, 4) is 0 Å². The van der Waals surface area contributed by atoms with Crippen molar-refractivity contribution in [1.29, 1.82) is 0 Å². The minimum absolute atomic E-state index is 0.346. The lowest BCUT2D eigenvalue weighted by atomic mass is 9.78. The Hall–Kier alpha value is -0.760. The molecule has 21 heavy (non-hydrogen) atoms. The van der Waals surface area contributed by atoms with Crippen molar-refractivity contribution >= 4 is 34.8 Å². The van der Waals surface area contributed by atoms with Gasteiger partial charge in [0.15, 0.2) is 0 Å². The van der Waals surface area contributed by atoms with Crippen LogP contribution in [0.3, 0.4) is 0 Å². The van der Waals surface area contributed by atoms with E-state index in [0.717, 1.165) is 16.7 Å². The summed E-state index contributed by atoms with van der Waals surface area (Å²) in [6, 6.07) is 12.6. The highest BCUT2D eigenvalue weighted by atomic mass is 35.5. The Morgan fingerprint density at radius 1 is 1.05 bits per heavy atom. The molecule has 0 aliphatic rings. The molecule has 0 N–H and O–H groups in total. The zero-order chi connectivity index (χ0) is 15.5. The minimum Gasteiger partial charge on any atom is -0.207 e. The summed E-state index contributed by atoms with van der Waals surface area (Å²) in [5.74, 6) is 0.392. The van der Waals surface area contributed by atoms with Crippen LogP contribution in [0.4, 0.5) is 4.39 Å². The van der Waals surface area contributed by atoms with Crippen molar-refractivity contribution < 1.29 is 4.39 Å². The van der Waals surface area contributed by atoms with Crippen LogP contribution >= 0.6 is 34.8 Å². The SMILES string of the molecule is Cc1cccc(C(CCl)(CCl)Cc2ccc(F)cc2Cl)c1. The lowest BCUT2D eigenvalue weighted by molar-refractivity contribution is 0.535. The van der Waals surface area contributed by atoms with Crippen molar-refractivity contribution in [2.24, 2.45) is 0 Å². The summed E-state index contributed by atoms with van der Waals surface area (Å²) >= 11 is 18.6. The van der Waals surface area contributed by atoms with E-state index < -0.39 is 5.41 Å². The first-order valence-corrected chi connectivity index (χ1v) is 8.08. The lowest BCUT2D eigenvalue weighted by Crippen LogP contribution is -2.33. The van der Waals surface area contributed by atoms with Gasteiger partial charge in [0.25, 0.3) is 0 Å². The quantitative estimate of drug-likeness (QED) is 0.606. The Kier molecular flexibility index (Phi) is 5.54. The van der Waals surface area contributed by atoms with Crippen LogP contribution in [0.2, 0.25) is 5.02 Å². The minimum atomic E-state index is -0.420. The number of hydrogen-bond acceptors (Lipinski definition) is 0. The number of halogens is 4. The van der Waals surface area contributed by atoms with E-state index in [1.54, 1.807) is 6.07 Å². The average molecular weight is 346 g/mol. The third-order valence-electron chi connectivity index (χ3n) is 3.69. The zero-order valence-corrected chi connectivity index (χ0v) is 13.9. The van der Waals surface area contributed by atoms with Crippen molar-refractivity contribution in [2.45, 2.75) is 18.8 Å². The highest BCUT2D eigenvalue weighted by molar-refractivity contribution is 6.31. The largest absolute Gasteiger partial charge is 0.207 e. The van der Waals surface area contributed by atoms with Gasteiger partial charge in [0.2, 0.25) is 0 Å². The van der Waals surface area contributed by atoms with Gasteiger partial charge in [0.1, 0.15) is 5.82 Å². The molecule has 0 amide bonds. The first kappa shape index (κ1) is 16.6. The topological polar surface area (TPSA) is 0 Å². The van der Waals surface area contributed by atoms with Gasteiger partial charge in [-0.05, 0) is 36.6 Å². The first-order valence-electron chi connectivity index (χ1n) is 6.64. The molecular formula is C17H16Cl3F. The summed E-state index contributed by atoms with van der Waals surface area (Å²) in [5.41, 5.74) is 2.66. The summed E-state index contributed by atoms with van der Waals surface area (Å²) in [7, 11) is 0. The van der Waals surface area contributed by atoms with Crippen LogP contribution in [0.15, 0.2) is 42.5 Å². The molecule has 0 fully saturated rings. The number of rotatable bonds is 5. The summed E-state index contributed by atoms with van der Waals surface area (Å²) < 4.78 is 13.2. The predicted molar refractivity (Wildman–Crippen MR) is 89.4 cm³/mol. The van der Waals surface area contributed by atoms with Crippen molar-refractivity contribution in [3.63, 3.8) is 0 Å². The van der Waals surface area contributed by atoms with E-state index in [9.17, 15) is 4.39 Å². The van der Waals surface area contributed by atoms with Crippen LogP contribution < -0.4 is 0 Å². The van der Waals surface area contributed by atoms with E-state index in [1.165, 1.54) is 12.1 Å². The van der Waals surface area contributed by atoms with Gasteiger partial charge in [-0.2, -0.15) is 0 Å². The van der Waals surface area contributed by atoms with Gasteiger partial charge in [-0.1, -0.05) is 47.5 Å². The van der Waals surface area contributed by atoms with E-state index in [2.05, 4.69) is 6.07 Å². The van der Waals surface area contributed by atoms with Crippen LogP contribution in [0.5, 0.6) is 0 Å². The number of hydrogen-bond donors (Lipinski definition) is 0. The molecule has 0 aliphatic heterocycles. The normalized spacial score (nSPS) is 11.7. The van der Waals surface area contributed by atoms with E-state index in [4.69, 9.17) is 34.8 Å². The molecule has 0 spiro atoms. The molecule has 112 valence electrons. The molecule has 0 unspecified atom stereocenters. The lowest BCUT2D eigenvalue weighted by Gasteiger charge is -2.31. The molecule has 2 rings (SSSR count). The Labute approximate surface area is 139 Å². The van der Waals surface area contributed by atoms with Crippen molar-refractivity contribution in [3.05, 3.63) is 70.0 Å². The summed E-state index contributed by atoms with van der Waals surface area (Å²) in [5, 5.41) is 0.405. The molecule has 0 aliphatic carbocycles. The van der Waals surface area contributed by atoms with Gasteiger partial charge in [0.05, 0.1) is 0 Å². The molecule has 2 aromatic carbocycles. The molecule has 0 nitrogen and oxygen atoms in total. The second kappa shape index (κ2) is 7.00. The zero-order valence-electron chi connectivity index (χ0n) is 11.7. The second-order valence-electron chi connectivity index (χ2n) is 5.33. The fourth-order valence-corrected chi connectivity index (χ4v) is 3.41. The molecule has 0 bridgehead atoms. The molecule has 0 saturated heterocycles. The summed E-state index contributed by atoms with van der Waals surface area (Å²) in [6.45, 7) is 2.03. The predicted octanol–water partition coefficient (Wildman–Crippen LogP) is 5.75. The van der Waals surface area contributed by atoms with Gasteiger partial charge in [-0.3, -0.25) is 0 Å². The highest BCUT2D eigenvalue weighted by Crippen LogP contribution is 2.34. The second-order valence-corrected chi connectivity index (χ2v) is 6.27. The Bertz CT molecular complexity index is 621. The Balaban J connectivity index is 2.43. The van der Waals surface area contributed by atoms with Crippen LogP contribution in [-0.2, 0) is 11.8 Å². The Morgan fingerprint density at radius 3 is 2.33 bits per heavy atom. The monoisotopic (exact) mass is 344 g/mol. The van der Waals surface area contributed by atoms with Gasteiger partial charge >= 0.3 is 0 Å². The fraction of sp³-hybridized carbons (Fsp3) is 0.294. The summed E-state index contributed by atoms with van der Waals surface area (Å²) in [6.07, 6.45) is 0.572. The van der Waals surface area contributed by atoms with Gasteiger partial charge in [-0.25, -0.2) is 4.39 Å². The molecule has 0 saturated carbocycles. The third kappa shape index (κ3) is 3.71. The van der Waals surface area contributed by atoms with Gasteiger partial charge in [0, 0.05) is 22.2 Å². The van der Waals surface area contributed by atoms with Crippen LogP contribution in [0.25, 0.3) is 0 Å². The highest BCUT2D eigenvalue weighted by Gasteiger charge is 2.31. The molecule has 0 radical (unpaired) electrons. The number of benzene rings is 2. The van der Waals surface area contributed by atoms with E-state index in [1.807, 2.05) is 25.1 Å².